The molecule has 206 valence electrons. The fraction of sp³-hybridized carbons (Fsp3) is 0.280. The molecule has 1 amide bonds. The zero-order chi connectivity index (χ0) is 28.0. The molecule has 4 rings (SSSR count). The third-order valence-electron chi connectivity index (χ3n) is 5.34. The zero-order valence-corrected chi connectivity index (χ0v) is 21.2. The number of rotatable bonds is 11. The molecular formula is C25H25F3N6O5. The standard InChI is InChI=1S/C25H25F3N6O5/c1-29-8-9-34-13-21(38-14-25(26,27)28)23(33-34)24(35)32-22-5-4-15(12-31-22)39-18-6-7-30-17-11-20(37-3)19(36-2)10-16(17)18/h4-7,10-13,29H,8-9,14H2,1-3H3,(H,31,32,35). The highest BCUT2D eigenvalue weighted by Crippen LogP contribution is 2.36. The summed E-state index contributed by atoms with van der Waals surface area (Å²) in [6.45, 7) is -0.756. The number of nitrogens with one attached hydrogen (secondary N) is 2. The lowest BCUT2D eigenvalue weighted by Gasteiger charge is -2.12. The molecule has 0 fully saturated rings. The van der Waals surface area contributed by atoms with E-state index >= 15 is 0 Å². The molecule has 2 N–H and O–H groups in total. The number of likely N-dealkylation sites (N-methyl/N-ethyl adjacent to an activating group) is 1. The van der Waals surface area contributed by atoms with E-state index in [1.165, 1.54) is 37.4 Å². The van der Waals surface area contributed by atoms with Gasteiger partial charge in [-0.05, 0) is 31.3 Å². The Morgan fingerprint density at radius 3 is 2.46 bits per heavy atom. The number of nitrogens with zero attached hydrogens (tertiary/aromatic N) is 4. The summed E-state index contributed by atoms with van der Waals surface area (Å²) < 4.78 is 60.8. The van der Waals surface area contributed by atoms with E-state index in [0.29, 0.717) is 47.0 Å². The molecule has 0 bridgehead atoms. The molecular weight excluding hydrogens is 521 g/mol. The number of ether oxygens (including phenoxy) is 4. The minimum absolute atomic E-state index is 0.130. The van der Waals surface area contributed by atoms with E-state index in [1.807, 2.05) is 0 Å². The predicted octanol–water partition coefficient (Wildman–Crippen LogP) is 4.05. The Bertz CT molecular complexity index is 1440. The Morgan fingerprint density at radius 1 is 1.03 bits per heavy atom. The van der Waals surface area contributed by atoms with Crippen molar-refractivity contribution in [2.24, 2.45) is 0 Å². The van der Waals surface area contributed by atoms with Gasteiger partial charge in [-0.15, -0.1) is 0 Å². The number of aromatic nitrogens is 4. The zero-order valence-electron chi connectivity index (χ0n) is 21.2. The van der Waals surface area contributed by atoms with Crippen molar-refractivity contribution < 1.29 is 36.9 Å². The predicted molar refractivity (Wildman–Crippen MR) is 135 cm³/mol. The summed E-state index contributed by atoms with van der Waals surface area (Å²) in [6.07, 6.45) is -0.365. The molecule has 14 heteroatoms. The van der Waals surface area contributed by atoms with E-state index < -0.39 is 18.7 Å². The Labute approximate surface area is 220 Å². The summed E-state index contributed by atoms with van der Waals surface area (Å²) in [6, 6.07) is 8.20. The van der Waals surface area contributed by atoms with Gasteiger partial charge in [0.15, 0.2) is 29.5 Å². The summed E-state index contributed by atoms with van der Waals surface area (Å²) in [5, 5.41) is 10.2. The molecule has 3 aromatic heterocycles. The lowest BCUT2D eigenvalue weighted by atomic mass is 10.2. The number of methoxy groups -OCH3 is 2. The molecule has 0 spiro atoms. The number of carbonyl (C=O) groups excluding carboxylic acids is 1. The summed E-state index contributed by atoms with van der Waals surface area (Å²) in [5.74, 6) is 0.931. The van der Waals surface area contributed by atoms with Crippen molar-refractivity contribution in [2.75, 3.05) is 39.7 Å². The fourth-order valence-corrected chi connectivity index (χ4v) is 3.52. The molecule has 0 saturated heterocycles. The highest BCUT2D eigenvalue weighted by molar-refractivity contribution is 6.04. The van der Waals surface area contributed by atoms with Crippen molar-refractivity contribution in [1.82, 2.24) is 25.1 Å². The molecule has 1 aromatic carbocycles. The molecule has 0 unspecified atom stereocenters. The first-order valence-electron chi connectivity index (χ1n) is 11.6. The number of benzene rings is 1. The number of anilines is 1. The van der Waals surface area contributed by atoms with Gasteiger partial charge in [-0.2, -0.15) is 18.3 Å². The molecule has 39 heavy (non-hydrogen) atoms. The van der Waals surface area contributed by atoms with E-state index in [-0.39, 0.29) is 17.3 Å². The molecule has 4 aromatic rings. The van der Waals surface area contributed by atoms with Crippen molar-refractivity contribution in [3.8, 4) is 28.7 Å². The highest BCUT2D eigenvalue weighted by Gasteiger charge is 2.30. The largest absolute Gasteiger partial charge is 0.493 e. The maximum Gasteiger partial charge on any atom is 0.422 e. The number of halogens is 3. The van der Waals surface area contributed by atoms with Crippen LogP contribution in [0.4, 0.5) is 19.0 Å². The number of carbonyl (C=O) groups is 1. The van der Waals surface area contributed by atoms with Gasteiger partial charge in [-0.25, -0.2) is 4.98 Å². The van der Waals surface area contributed by atoms with Gasteiger partial charge >= 0.3 is 6.18 Å². The normalized spacial score (nSPS) is 11.3. The van der Waals surface area contributed by atoms with Crippen molar-refractivity contribution in [3.05, 3.63) is 54.6 Å². The quantitative estimate of drug-likeness (QED) is 0.287. The van der Waals surface area contributed by atoms with Gasteiger partial charge < -0.3 is 29.6 Å². The molecule has 3 heterocycles. The first kappa shape index (κ1) is 27.4. The SMILES string of the molecule is CNCCn1cc(OCC(F)(F)F)c(C(=O)Nc2ccc(Oc3ccnc4cc(OC)c(OC)cc34)cn2)n1. The van der Waals surface area contributed by atoms with Crippen LogP contribution in [0.3, 0.4) is 0 Å². The van der Waals surface area contributed by atoms with E-state index in [4.69, 9.17) is 18.9 Å². The minimum atomic E-state index is -4.57. The number of hydrogen-bond acceptors (Lipinski definition) is 9. The fourth-order valence-electron chi connectivity index (χ4n) is 3.52. The van der Waals surface area contributed by atoms with Gasteiger partial charge in [0, 0.05) is 24.2 Å². The molecule has 0 aliphatic carbocycles. The molecule has 0 saturated carbocycles. The summed E-state index contributed by atoms with van der Waals surface area (Å²) in [7, 11) is 4.76. The smallest absolute Gasteiger partial charge is 0.422 e. The van der Waals surface area contributed by atoms with Crippen LogP contribution in [0.5, 0.6) is 28.7 Å². The number of pyridine rings is 2. The Balaban J connectivity index is 1.50. The van der Waals surface area contributed by atoms with Gasteiger partial charge in [0.2, 0.25) is 0 Å². The molecule has 0 radical (unpaired) electrons. The van der Waals surface area contributed by atoms with Crippen molar-refractivity contribution >= 4 is 22.6 Å². The van der Waals surface area contributed by atoms with Gasteiger partial charge in [0.05, 0.1) is 38.7 Å². The monoisotopic (exact) mass is 546 g/mol. The maximum absolute atomic E-state index is 12.8. The van der Waals surface area contributed by atoms with Crippen LogP contribution in [-0.2, 0) is 6.54 Å². The average Bonchev–Trinajstić information content (AvgIpc) is 3.34. The van der Waals surface area contributed by atoms with Crippen LogP contribution in [0.1, 0.15) is 10.5 Å². The maximum atomic E-state index is 12.8. The minimum Gasteiger partial charge on any atom is -0.493 e. The first-order chi connectivity index (χ1) is 18.7. The second kappa shape index (κ2) is 11.9. The van der Waals surface area contributed by atoms with Gasteiger partial charge in [0.1, 0.15) is 17.3 Å². The molecule has 11 nitrogen and oxygen atoms in total. The van der Waals surface area contributed by atoms with Crippen LogP contribution >= 0.6 is 0 Å². The topological polar surface area (TPSA) is 122 Å². The number of fused-ring (bicyclic) bond motifs is 1. The third-order valence-corrected chi connectivity index (χ3v) is 5.34. The van der Waals surface area contributed by atoms with Crippen LogP contribution in [-0.4, -0.2) is 66.3 Å². The number of amides is 1. The van der Waals surface area contributed by atoms with Crippen LogP contribution in [0.25, 0.3) is 10.9 Å². The second-order valence-electron chi connectivity index (χ2n) is 8.08. The Kier molecular flexibility index (Phi) is 8.34. The van der Waals surface area contributed by atoms with Crippen molar-refractivity contribution in [2.45, 2.75) is 12.7 Å². The van der Waals surface area contributed by atoms with Crippen LogP contribution < -0.4 is 29.6 Å². The van der Waals surface area contributed by atoms with Gasteiger partial charge in [-0.3, -0.25) is 14.5 Å². The van der Waals surface area contributed by atoms with E-state index in [0.717, 1.165) is 0 Å². The van der Waals surface area contributed by atoms with Gasteiger partial charge in [0.25, 0.3) is 5.91 Å². The van der Waals surface area contributed by atoms with Crippen LogP contribution in [0.15, 0.2) is 48.9 Å². The lowest BCUT2D eigenvalue weighted by molar-refractivity contribution is -0.153. The summed E-state index contributed by atoms with van der Waals surface area (Å²) in [4.78, 5) is 21.3. The number of hydrogen-bond donors (Lipinski definition) is 2. The van der Waals surface area contributed by atoms with E-state index in [9.17, 15) is 18.0 Å². The summed E-state index contributed by atoms with van der Waals surface area (Å²) >= 11 is 0. The average molecular weight is 547 g/mol. The number of alkyl halides is 3. The Hall–Kier alpha value is -4.59. The third kappa shape index (κ3) is 6.84. The lowest BCUT2D eigenvalue weighted by Crippen LogP contribution is -2.21. The van der Waals surface area contributed by atoms with Crippen molar-refractivity contribution in [3.63, 3.8) is 0 Å². The van der Waals surface area contributed by atoms with E-state index in [1.54, 1.807) is 37.5 Å². The van der Waals surface area contributed by atoms with Gasteiger partial charge in [-0.1, -0.05) is 0 Å². The summed E-state index contributed by atoms with van der Waals surface area (Å²) in [5.41, 5.74) is 0.324. The van der Waals surface area contributed by atoms with Crippen LogP contribution in [0, 0.1) is 0 Å². The highest BCUT2D eigenvalue weighted by atomic mass is 19.4. The Morgan fingerprint density at radius 2 is 1.79 bits per heavy atom. The molecule has 0 aliphatic rings. The van der Waals surface area contributed by atoms with Crippen molar-refractivity contribution in [1.29, 1.82) is 0 Å². The van der Waals surface area contributed by atoms with Crippen LogP contribution in [0.2, 0.25) is 0 Å². The molecule has 0 aliphatic heterocycles. The molecule has 0 atom stereocenters. The second-order valence-corrected chi connectivity index (χ2v) is 8.08. The van der Waals surface area contributed by atoms with E-state index in [2.05, 4.69) is 25.7 Å². The first-order valence-corrected chi connectivity index (χ1v) is 11.6.